The van der Waals surface area contributed by atoms with Crippen LogP contribution in [0.5, 0.6) is 0 Å². The molecule has 2 N–H and O–H groups in total. The van der Waals surface area contributed by atoms with Crippen molar-refractivity contribution < 1.29 is 17.9 Å². The maximum Gasteiger partial charge on any atom is 0.250 e. The van der Waals surface area contributed by atoms with Crippen molar-refractivity contribution in [2.45, 2.75) is 4.90 Å². The van der Waals surface area contributed by atoms with Gasteiger partial charge in [-0.15, -0.1) is 11.3 Å². The van der Waals surface area contributed by atoms with Crippen LogP contribution in [-0.4, -0.2) is 55.0 Å². The summed E-state index contributed by atoms with van der Waals surface area (Å²) in [6, 6.07) is 6.33. The van der Waals surface area contributed by atoms with Gasteiger partial charge in [-0.05, 0) is 36.0 Å². The summed E-state index contributed by atoms with van der Waals surface area (Å²) >= 11 is 6.40. The molecule has 0 saturated carbocycles. The van der Waals surface area contributed by atoms with Crippen LogP contribution in [0.4, 0.5) is 5.13 Å². The van der Waals surface area contributed by atoms with Gasteiger partial charge < -0.3 is 10.1 Å². The molecule has 1 saturated heterocycles. The van der Waals surface area contributed by atoms with Crippen LogP contribution in [0.3, 0.4) is 0 Å². The Morgan fingerprint density at radius 3 is 2.61 bits per heavy atom. The average Bonchev–Trinajstić information content (AvgIpc) is 3.20. The van der Waals surface area contributed by atoms with Crippen LogP contribution in [0, 0.1) is 0 Å². The standard InChI is InChI=1S/C17H18N4O4S3/c22-15(19-16(26)20-17-18-7-12-27-17)6-3-13-1-4-14(5-2-13)28(23,24)21-8-10-25-11-9-21/h1-7,12H,8-11H2,(H2,18,19,20,22,26)/b6-3+. The Kier molecular flexibility index (Phi) is 6.86. The highest BCUT2D eigenvalue weighted by molar-refractivity contribution is 7.89. The first-order valence-electron chi connectivity index (χ1n) is 8.33. The van der Waals surface area contributed by atoms with Crippen LogP contribution < -0.4 is 10.6 Å². The molecule has 1 aliphatic heterocycles. The number of benzene rings is 1. The molecule has 0 aliphatic carbocycles. The zero-order chi connectivity index (χ0) is 20.0. The number of nitrogens with zero attached hydrogens (tertiary/aromatic N) is 2. The summed E-state index contributed by atoms with van der Waals surface area (Å²) in [6.45, 7) is 1.49. The van der Waals surface area contributed by atoms with E-state index in [9.17, 15) is 13.2 Å². The van der Waals surface area contributed by atoms with Crippen LogP contribution in [-0.2, 0) is 19.6 Å². The first-order valence-corrected chi connectivity index (χ1v) is 11.1. The molecular formula is C17H18N4O4S3. The fraction of sp³-hybridized carbons (Fsp3) is 0.235. The average molecular weight is 439 g/mol. The molecule has 0 bridgehead atoms. The Bertz CT molecular complexity index is 951. The molecule has 148 valence electrons. The molecule has 1 amide bonds. The number of amides is 1. The van der Waals surface area contributed by atoms with E-state index in [4.69, 9.17) is 17.0 Å². The molecular weight excluding hydrogens is 420 g/mol. The van der Waals surface area contributed by atoms with Crippen molar-refractivity contribution in [1.29, 1.82) is 0 Å². The zero-order valence-corrected chi connectivity index (χ0v) is 17.1. The minimum Gasteiger partial charge on any atom is -0.379 e. The monoisotopic (exact) mass is 438 g/mol. The van der Waals surface area contributed by atoms with Crippen LogP contribution >= 0.6 is 23.6 Å². The first kappa shape index (κ1) is 20.6. The van der Waals surface area contributed by atoms with Gasteiger partial charge in [0, 0.05) is 30.7 Å². The maximum absolute atomic E-state index is 12.6. The number of nitrogens with one attached hydrogen (secondary N) is 2. The van der Waals surface area contributed by atoms with Crippen molar-refractivity contribution in [3.05, 3.63) is 47.5 Å². The van der Waals surface area contributed by atoms with Crippen molar-refractivity contribution in [2.75, 3.05) is 31.6 Å². The second-order valence-electron chi connectivity index (χ2n) is 5.70. The van der Waals surface area contributed by atoms with Gasteiger partial charge in [0.15, 0.2) is 10.2 Å². The minimum atomic E-state index is -3.53. The molecule has 1 aromatic heterocycles. The van der Waals surface area contributed by atoms with Gasteiger partial charge in [0.05, 0.1) is 18.1 Å². The lowest BCUT2D eigenvalue weighted by Gasteiger charge is -2.26. The van der Waals surface area contributed by atoms with Crippen molar-refractivity contribution in [3.63, 3.8) is 0 Å². The van der Waals surface area contributed by atoms with E-state index in [0.29, 0.717) is 37.0 Å². The maximum atomic E-state index is 12.6. The molecule has 0 unspecified atom stereocenters. The summed E-state index contributed by atoms with van der Waals surface area (Å²) < 4.78 is 31.8. The molecule has 3 rings (SSSR count). The third-order valence-electron chi connectivity index (χ3n) is 3.80. The second kappa shape index (κ2) is 9.34. The predicted octanol–water partition coefficient (Wildman–Crippen LogP) is 1.69. The molecule has 2 heterocycles. The third kappa shape index (κ3) is 5.42. The number of ether oxygens (including phenoxy) is 1. The fourth-order valence-corrected chi connectivity index (χ4v) is 4.63. The molecule has 0 atom stereocenters. The molecule has 28 heavy (non-hydrogen) atoms. The van der Waals surface area contributed by atoms with E-state index in [1.54, 1.807) is 29.8 Å². The Hall–Kier alpha value is -2.18. The number of aromatic nitrogens is 1. The highest BCUT2D eigenvalue weighted by atomic mass is 32.2. The molecule has 0 radical (unpaired) electrons. The molecule has 0 spiro atoms. The Morgan fingerprint density at radius 2 is 1.96 bits per heavy atom. The Balaban J connectivity index is 1.57. The van der Waals surface area contributed by atoms with Crippen molar-refractivity contribution in [2.24, 2.45) is 0 Å². The topological polar surface area (TPSA) is 101 Å². The molecule has 1 aromatic carbocycles. The summed E-state index contributed by atoms with van der Waals surface area (Å²) in [5, 5.41) is 7.84. The van der Waals surface area contributed by atoms with Gasteiger partial charge in [-0.25, -0.2) is 13.4 Å². The van der Waals surface area contributed by atoms with Crippen LogP contribution in [0.15, 0.2) is 46.8 Å². The number of sulfonamides is 1. The number of hydrogen-bond donors (Lipinski definition) is 2. The smallest absolute Gasteiger partial charge is 0.250 e. The number of rotatable bonds is 5. The van der Waals surface area contributed by atoms with Gasteiger partial charge in [0.1, 0.15) is 0 Å². The SMILES string of the molecule is O=C(/C=C/c1ccc(S(=O)(=O)N2CCOCC2)cc1)NC(=S)Nc1nccs1. The van der Waals surface area contributed by atoms with E-state index in [1.807, 2.05) is 0 Å². The van der Waals surface area contributed by atoms with Crippen molar-refractivity contribution in [1.82, 2.24) is 14.6 Å². The first-order chi connectivity index (χ1) is 13.4. The van der Waals surface area contributed by atoms with Crippen LogP contribution in [0.2, 0.25) is 0 Å². The van der Waals surface area contributed by atoms with Crippen molar-refractivity contribution >= 4 is 55.8 Å². The van der Waals surface area contributed by atoms with E-state index < -0.39 is 15.9 Å². The van der Waals surface area contributed by atoms with E-state index in [-0.39, 0.29) is 10.0 Å². The largest absolute Gasteiger partial charge is 0.379 e. The fourth-order valence-electron chi connectivity index (χ4n) is 2.43. The Labute approximate surface area is 172 Å². The highest BCUT2D eigenvalue weighted by Crippen LogP contribution is 2.18. The van der Waals surface area contributed by atoms with Crippen LogP contribution in [0.25, 0.3) is 6.08 Å². The predicted molar refractivity (Wildman–Crippen MR) is 112 cm³/mol. The third-order valence-corrected chi connectivity index (χ3v) is 6.61. The number of anilines is 1. The van der Waals surface area contributed by atoms with E-state index in [1.165, 1.54) is 33.9 Å². The lowest BCUT2D eigenvalue weighted by Crippen LogP contribution is -2.40. The zero-order valence-electron chi connectivity index (χ0n) is 14.7. The number of thiocarbonyl (C=S) groups is 1. The lowest BCUT2D eigenvalue weighted by atomic mass is 10.2. The van der Waals surface area contributed by atoms with Gasteiger partial charge >= 0.3 is 0 Å². The molecule has 2 aromatic rings. The minimum absolute atomic E-state index is 0.150. The normalized spacial score (nSPS) is 15.4. The molecule has 8 nitrogen and oxygen atoms in total. The number of carbonyl (C=O) groups excluding carboxylic acids is 1. The van der Waals surface area contributed by atoms with E-state index in [0.717, 1.165) is 0 Å². The van der Waals surface area contributed by atoms with Crippen molar-refractivity contribution in [3.8, 4) is 0 Å². The molecule has 11 heteroatoms. The number of morpholine rings is 1. The number of hydrogen-bond acceptors (Lipinski definition) is 7. The Morgan fingerprint density at radius 1 is 1.25 bits per heavy atom. The summed E-state index contributed by atoms with van der Waals surface area (Å²) in [5.74, 6) is -0.404. The van der Waals surface area contributed by atoms with E-state index in [2.05, 4.69) is 15.6 Å². The summed E-state index contributed by atoms with van der Waals surface area (Å²) in [7, 11) is -3.53. The quantitative estimate of drug-likeness (QED) is 0.541. The summed E-state index contributed by atoms with van der Waals surface area (Å²) in [5.41, 5.74) is 0.690. The second-order valence-corrected chi connectivity index (χ2v) is 8.94. The molecule has 1 fully saturated rings. The van der Waals surface area contributed by atoms with E-state index >= 15 is 0 Å². The van der Waals surface area contributed by atoms with Gasteiger partial charge in [-0.1, -0.05) is 12.1 Å². The summed E-state index contributed by atoms with van der Waals surface area (Å²) in [4.78, 5) is 16.2. The van der Waals surface area contributed by atoms with Gasteiger partial charge in [-0.3, -0.25) is 10.1 Å². The van der Waals surface area contributed by atoms with Gasteiger partial charge in [-0.2, -0.15) is 4.31 Å². The molecule has 1 aliphatic rings. The summed E-state index contributed by atoms with van der Waals surface area (Å²) in [6.07, 6.45) is 4.52. The number of carbonyl (C=O) groups is 1. The lowest BCUT2D eigenvalue weighted by molar-refractivity contribution is -0.115. The van der Waals surface area contributed by atoms with Gasteiger partial charge in [0.25, 0.3) is 0 Å². The van der Waals surface area contributed by atoms with Crippen LogP contribution in [0.1, 0.15) is 5.56 Å². The van der Waals surface area contributed by atoms with Gasteiger partial charge in [0.2, 0.25) is 15.9 Å². The highest BCUT2D eigenvalue weighted by Gasteiger charge is 2.25. The number of thiazole rings is 1.